The third kappa shape index (κ3) is 3.68. The van der Waals surface area contributed by atoms with Gasteiger partial charge in [-0.2, -0.15) is 0 Å². The summed E-state index contributed by atoms with van der Waals surface area (Å²) in [7, 11) is 0. The van der Waals surface area contributed by atoms with Crippen LogP contribution in [-0.4, -0.2) is 54.2 Å². The fourth-order valence-electron chi connectivity index (χ4n) is 4.70. The highest BCUT2D eigenvalue weighted by Gasteiger charge is 2.30. The van der Waals surface area contributed by atoms with Crippen molar-refractivity contribution in [3.05, 3.63) is 35.1 Å². The van der Waals surface area contributed by atoms with Crippen LogP contribution >= 0.6 is 0 Å². The number of piperidine rings is 1. The van der Waals surface area contributed by atoms with E-state index in [1.807, 2.05) is 0 Å². The number of hydrogen-bond donors (Lipinski definition) is 0. The number of hydrogen-bond acceptors (Lipinski definition) is 4. The van der Waals surface area contributed by atoms with Gasteiger partial charge >= 0.3 is 0 Å². The van der Waals surface area contributed by atoms with E-state index in [0.717, 1.165) is 44.1 Å². The number of likely N-dealkylation sites (tertiary alicyclic amines) is 1. The predicted octanol–water partition coefficient (Wildman–Crippen LogP) is 4.12. The fraction of sp³-hybridized carbons (Fsp3) is 0.636. The topological polar surface area (TPSA) is 28.9 Å². The molecule has 0 N–H and O–H groups in total. The second-order valence-corrected chi connectivity index (χ2v) is 8.37. The molecule has 26 heavy (non-hydrogen) atoms. The van der Waals surface area contributed by atoms with Gasteiger partial charge in [0.2, 0.25) is 0 Å². The number of rotatable bonds is 3. The summed E-state index contributed by atoms with van der Waals surface area (Å²) in [6, 6.07) is 7.22. The van der Waals surface area contributed by atoms with Gasteiger partial charge in [-0.15, -0.1) is 0 Å². The monoisotopic (exact) mass is 356 g/mol. The molecule has 2 unspecified atom stereocenters. The van der Waals surface area contributed by atoms with Crippen molar-refractivity contribution in [2.45, 2.75) is 65.3 Å². The zero-order chi connectivity index (χ0) is 18.3. The van der Waals surface area contributed by atoms with Crippen LogP contribution in [0.15, 0.2) is 22.6 Å². The summed E-state index contributed by atoms with van der Waals surface area (Å²) in [5, 5.41) is 1.26. The summed E-state index contributed by atoms with van der Waals surface area (Å²) >= 11 is 0. The summed E-state index contributed by atoms with van der Waals surface area (Å²) in [6.07, 6.45) is 3.22. The lowest BCUT2D eigenvalue weighted by Crippen LogP contribution is -2.53. The van der Waals surface area contributed by atoms with Gasteiger partial charge < -0.3 is 9.15 Å². The first-order valence-corrected chi connectivity index (χ1v) is 10.1. The van der Waals surface area contributed by atoms with E-state index in [9.17, 15) is 0 Å². The summed E-state index contributed by atoms with van der Waals surface area (Å²) in [5.74, 6) is 1.14. The molecule has 2 saturated heterocycles. The molecule has 2 aliphatic rings. The number of nitrogens with zero attached hydrogens (tertiary/aromatic N) is 2. The van der Waals surface area contributed by atoms with Gasteiger partial charge in [-0.1, -0.05) is 12.1 Å². The largest absolute Gasteiger partial charge is 0.459 e. The van der Waals surface area contributed by atoms with Gasteiger partial charge in [0, 0.05) is 37.6 Å². The van der Waals surface area contributed by atoms with Crippen LogP contribution in [-0.2, 0) is 11.3 Å². The Bertz CT molecular complexity index is 751. The van der Waals surface area contributed by atoms with Gasteiger partial charge in [0.25, 0.3) is 0 Å². The van der Waals surface area contributed by atoms with Gasteiger partial charge in [-0.05, 0) is 57.7 Å². The summed E-state index contributed by atoms with van der Waals surface area (Å²) in [5.41, 5.74) is 3.59. The van der Waals surface area contributed by atoms with Crippen molar-refractivity contribution in [2.24, 2.45) is 0 Å². The lowest BCUT2D eigenvalue weighted by Gasteiger charge is -2.43. The Labute approximate surface area is 157 Å². The molecular weight excluding hydrogens is 324 g/mol. The Morgan fingerprint density at radius 2 is 1.73 bits per heavy atom. The van der Waals surface area contributed by atoms with Crippen LogP contribution in [0.1, 0.15) is 43.6 Å². The van der Waals surface area contributed by atoms with Crippen molar-refractivity contribution in [3.8, 4) is 0 Å². The molecule has 4 nitrogen and oxygen atoms in total. The molecule has 2 atom stereocenters. The predicted molar refractivity (Wildman–Crippen MR) is 106 cm³/mol. The Morgan fingerprint density at radius 3 is 2.42 bits per heavy atom. The third-order valence-corrected chi connectivity index (χ3v) is 6.08. The molecule has 4 rings (SSSR count). The molecule has 3 heterocycles. The van der Waals surface area contributed by atoms with E-state index in [2.05, 4.69) is 55.7 Å². The van der Waals surface area contributed by atoms with Crippen molar-refractivity contribution >= 4 is 11.0 Å². The smallest absolute Gasteiger partial charge is 0.134 e. The maximum Gasteiger partial charge on any atom is 0.134 e. The Hall–Kier alpha value is -1.36. The van der Waals surface area contributed by atoms with Crippen molar-refractivity contribution in [1.29, 1.82) is 0 Å². The molecule has 1 aromatic carbocycles. The number of morpholine rings is 1. The minimum atomic E-state index is 0.360. The average molecular weight is 357 g/mol. The number of furan rings is 1. The molecule has 0 bridgehead atoms. The van der Waals surface area contributed by atoms with Crippen LogP contribution in [0.2, 0.25) is 0 Å². The molecule has 0 amide bonds. The van der Waals surface area contributed by atoms with Crippen LogP contribution in [0, 0.1) is 13.8 Å². The molecule has 2 aromatic rings. The van der Waals surface area contributed by atoms with E-state index >= 15 is 0 Å². The van der Waals surface area contributed by atoms with Crippen LogP contribution in [0.3, 0.4) is 0 Å². The van der Waals surface area contributed by atoms with Crippen LogP contribution in [0.5, 0.6) is 0 Å². The van der Waals surface area contributed by atoms with E-state index in [4.69, 9.17) is 9.15 Å². The Kier molecular flexibility index (Phi) is 5.09. The molecule has 2 aliphatic heterocycles. The minimum absolute atomic E-state index is 0.360. The summed E-state index contributed by atoms with van der Waals surface area (Å²) < 4.78 is 12.1. The normalized spacial score (nSPS) is 26.6. The summed E-state index contributed by atoms with van der Waals surface area (Å²) in [6.45, 7) is 14.1. The molecule has 1 aromatic heterocycles. The fourth-order valence-corrected chi connectivity index (χ4v) is 4.70. The first kappa shape index (κ1) is 18.0. The van der Waals surface area contributed by atoms with Gasteiger partial charge in [0.05, 0.1) is 18.8 Å². The number of benzene rings is 1. The molecular formula is C22H32N2O2. The average Bonchev–Trinajstić information content (AvgIpc) is 2.90. The quantitative estimate of drug-likeness (QED) is 0.827. The highest BCUT2D eigenvalue weighted by molar-refractivity contribution is 5.82. The number of aryl methyl sites for hydroxylation is 2. The zero-order valence-electron chi connectivity index (χ0n) is 16.6. The van der Waals surface area contributed by atoms with Gasteiger partial charge in [-0.25, -0.2) is 0 Å². The number of ether oxygens (including phenoxy) is 1. The first-order chi connectivity index (χ1) is 12.5. The second-order valence-electron chi connectivity index (χ2n) is 8.37. The van der Waals surface area contributed by atoms with E-state index < -0.39 is 0 Å². The lowest BCUT2D eigenvalue weighted by atomic mass is 10.0. The molecule has 0 aliphatic carbocycles. The van der Waals surface area contributed by atoms with Crippen LogP contribution in [0.4, 0.5) is 0 Å². The molecule has 2 fully saturated rings. The highest BCUT2D eigenvalue weighted by atomic mass is 16.5. The minimum Gasteiger partial charge on any atom is -0.459 e. The molecule has 0 saturated carbocycles. The Balaban J connectivity index is 1.37. The Morgan fingerprint density at radius 1 is 1.04 bits per heavy atom. The number of fused-ring (bicyclic) bond motifs is 1. The maximum absolute atomic E-state index is 6.19. The van der Waals surface area contributed by atoms with Gasteiger partial charge in [0.1, 0.15) is 11.3 Å². The highest BCUT2D eigenvalue weighted by Crippen LogP contribution is 2.28. The lowest BCUT2D eigenvalue weighted by molar-refractivity contribution is -0.0866. The second kappa shape index (κ2) is 7.34. The van der Waals surface area contributed by atoms with Gasteiger partial charge in [0.15, 0.2) is 0 Å². The van der Waals surface area contributed by atoms with Crippen molar-refractivity contribution in [1.82, 2.24) is 9.80 Å². The third-order valence-electron chi connectivity index (χ3n) is 6.08. The standard InChI is InChI=1S/C22H32N2O2/c1-15-5-6-20-18(4)22(26-21(20)11-15)14-23-9-7-19(8-10-23)24-12-16(2)25-17(3)13-24/h5-6,11,16-17,19H,7-10,12-14H2,1-4H3. The van der Waals surface area contributed by atoms with Gasteiger partial charge in [-0.3, -0.25) is 9.80 Å². The zero-order valence-corrected chi connectivity index (χ0v) is 16.6. The van der Waals surface area contributed by atoms with Crippen molar-refractivity contribution < 1.29 is 9.15 Å². The summed E-state index contributed by atoms with van der Waals surface area (Å²) in [4.78, 5) is 5.22. The molecule has 4 heteroatoms. The van der Waals surface area contributed by atoms with E-state index in [-0.39, 0.29) is 0 Å². The van der Waals surface area contributed by atoms with Crippen molar-refractivity contribution in [3.63, 3.8) is 0 Å². The van der Waals surface area contributed by atoms with E-state index in [1.165, 1.54) is 29.4 Å². The van der Waals surface area contributed by atoms with E-state index in [1.54, 1.807) is 0 Å². The maximum atomic E-state index is 6.19. The van der Waals surface area contributed by atoms with Crippen molar-refractivity contribution in [2.75, 3.05) is 26.2 Å². The molecule has 142 valence electrons. The van der Waals surface area contributed by atoms with E-state index in [0.29, 0.717) is 18.2 Å². The molecule has 0 radical (unpaired) electrons. The molecule has 0 spiro atoms. The van der Waals surface area contributed by atoms with Crippen LogP contribution in [0.25, 0.3) is 11.0 Å². The first-order valence-electron chi connectivity index (χ1n) is 10.1. The van der Waals surface area contributed by atoms with Crippen LogP contribution < -0.4 is 0 Å². The SMILES string of the molecule is Cc1ccc2c(C)c(CN3CCC(N4CC(C)OC(C)C4)CC3)oc2c1.